The van der Waals surface area contributed by atoms with Gasteiger partial charge in [-0.1, -0.05) is 24.3 Å². The Bertz CT molecular complexity index is 649. The minimum absolute atomic E-state index is 0.112. The van der Waals surface area contributed by atoms with Crippen LogP contribution >= 0.6 is 0 Å². The highest BCUT2D eigenvalue weighted by Gasteiger charge is 2.03. The molecule has 0 saturated heterocycles. The third kappa shape index (κ3) is 4.49. The fraction of sp³-hybridized carbons (Fsp3) is 0.125. The van der Waals surface area contributed by atoms with Crippen LogP contribution in [-0.2, 0) is 11.2 Å². The lowest BCUT2D eigenvalue weighted by Gasteiger charge is -2.03. The van der Waals surface area contributed by atoms with E-state index < -0.39 is 0 Å². The lowest BCUT2D eigenvalue weighted by molar-refractivity contribution is -0.120. The molecule has 0 saturated carbocycles. The number of amides is 1. The molecule has 0 aliphatic rings. The summed E-state index contributed by atoms with van der Waals surface area (Å²) in [5, 5.41) is 3.96. The molecule has 0 atom stereocenters. The molecule has 5 heteroatoms. The van der Waals surface area contributed by atoms with E-state index in [4.69, 9.17) is 0 Å². The van der Waals surface area contributed by atoms with E-state index in [0.29, 0.717) is 11.3 Å². The van der Waals surface area contributed by atoms with Crippen LogP contribution in [0.3, 0.4) is 0 Å². The van der Waals surface area contributed by atoms with E-state index in [2.05, 4.69) is 10.5 Å². The van der Waals surface area contributed by atoms with Gasteiger partial charge in [0.25, 0.3) is 0 Å². The van der Waals surface area contributed by atoms with Crippen molar-refractivity contribution in [1.82, 2.24) is 5.43 Å². The number of carbonyl (C=O) groups is 1. The first-order valence-corrected chi connectivity index (χ1v) is 6.38. The molecule has 2 aromatic carbocycles. The summed E-state index contributed by atoms with van der Waals surface area (Å²) in [6.45, 7) is 1.71. The maximum Gasteiger partial charge on any atom is 0.244 e. The van der Waals surface area contributed by atoms with E-state index in [1.54, 1.807) is 31.2 Å². The molecule has 21 heavy (non-hydrogen) atoms. The van der Waals surface area contributed by atoms with Crippen molar-refractivity contribution >= 4 is 11.6 Å². The summed E-state index contributed by atoms with van der Waals surface area (Å²) in [7, 11) is 0. The van der Waals surface area contributed by atoms with E-state index >= 15 is 0 Å². The maximum absolute atomic E-state index is 12.8. The summed E-state index contributed by atoms with van der Waals surface area (Å²) in [6.07, 6.45) is 0.112. The van der Waals surface area contributed by atoms with Crippen LogP contribution in [0.2, 0.25) is 0 Å². The van der Waals surface area contributed by atoms with Gasteiger partial charge in [-0.25, -0.2) is 14.2 Å². The standard InChI is InChI=1S/C16H14F2N2O/c1-11(13-4-8-15(18)9-5-13)19-20-16(21)10-12-2-6-14(17)7-3-12/h2-9H,10H2,1H3,(H,20,21)/b19-11-. The molecule has 3 nitrogen and oxygen atoms in total. The maximum atomic E-state index is 12.8. The fourth-order valence-electron chi connectivity index (χ4n) is 1.73. The Balaban J connectivity index is 1.94. The van der Waals surface area contributed by atoms with Crippen molar-refractivity contribution in [1.29, 1.82) is 0 Å². The van der Waals surface area contributed by atoms with Gasteiger partial charge < -0.3 is 0 Å². The van der Waals surface area contributed by atoms with Crippen molar-refractivity contribution in [3.05, 3.63) is 71.3 Å². The van der Waals surface area contributed by atoms with Gasteiger partial charge in [0.1, 0.15) is 11.6 Å². The van der Waals surface area contributed by atoms with Crippen molar-refractivity contribution in [2.75, 3.05) is 0 Å². The highest BCUT2D eigenvalue weighted by atomic mass is 19.1. The van der Waals surface area contributed by atoms with E-state index in [9.17, 15) is 13.6 Å². The SMILES string of the molecule is C/C(=N/NC(=O)Cc1ccc(F)cc1)c1ccc(F)cc1. The molecule has 1 amide bonds. The first-order chi connectivity index (χ1) is 10.0. The van der Waals surface area contributed by atoms with Gasteiger partial charge in [0.15, 0.2) is 0 Å². The van der Waals surface area contributed by atoms with Gasteiger partial charge in [-0.05, 0) is 42.3 Å². The summed E-state index contributed by atoms with van der Waals surface area (Å²) in [5.74, 6) is -0.973. The second-order valence-corrected chi connectivity index (χ2v) is 4.54. The van der Waals surface area contributed by atoms with Crippen molar-refractivity contribution in [3.8, 4) is 0 Å². The zero-order valence-corrected chi connectivity index (χ0v) is 11.4. The quantitative estimate of drug-likeness (QED) is 0.682. The zero-order chi connectivity index (χ0) is 15.2. The van der Waals surface area contributed by atoms with Crippen molar-refractivity contribution in [2.45, 2.75) is 13.3 Å². The van der Waals surface area contributed by atoms with Gasteiger partial charge in [-0.2, -0.15) is 5.10 Å². The summed E-state index contributed by atoms with van der Waals surface area (Å²) in [5.41, 5.74) is 4.41. The number of rotatable bonds is 4. The minimum Gasteiger partial charge on any atom is -0.273 e. The van der Waals surface area contributed by atoms with E-state index in [-0.39, 0.29) is 24.0 Å². The van der Waals surface area contributed by atoms with E-state index in [0.717, 1.165) is 5.56 Å². The molecule has 0 aliphatic heterocycles. The molecule has 0 radical (unpaired) electrons. The van der Waals surface area contributed by atoms with Gasteiger partial charge in [0.2, 0.25) is 5.91 Å². The number of halogens is 2. The molecule has 0 aliphatic carbocycles. The lowest BCUT2D eigenvalue weighted by Crippen LogP contribution is -2.21. The molecule has 2 aromatic rings. The van der Waals surface area contributed by atoms with Crippen LogP contribution in [0.25, 0.3) is 0 Å². The lowest BCUT2D eigenvalue weighted by atomic mass is 10.1. The Morgan fingerprint density at radius 1 is 1.00 bits per heavy atom. The third-order valence-corrected chi connectivity index (χ3v) is 2.89. The van der Waals surface area contributed by atoms with Gasteiger partial charge in [-0.3, -0.25) is 4.79 Å². The molecule has 0 bridgehead atoms. The van der Waals surface area contributed by atoms with Crippen LogP contribution in [0, 0.1) is 11.6 Å². The molecule has 2 rings (SSSR count). The third-order valence-electron chi connectivity index (χ3n) is 2.89. The van der Waals surface area contributed by atoms with Crippen LogP contribution in [0.4, 0.5) is 8.78 Å². The molecular weight excluding hydrogens is 274 g/mol. The Kier molecular flexibility index (Phi) is 4.77. The van der Waals surface area contributed by atoms with Gasteiger partial charge in [0, 0.05) is 0 Å². The van der Waals surface area contributed by atoms with Crippen molar-refractivity contribution < 1.29 is 13.6 Å². The second kappa shape index (κ2) is 6.74. The second-order valence-electron chi connectivity index (χ2n) is 4.54. The highest BCUT2D eigenvalue weighted by Crippen LogP contribution is 2.05. The predicted molar refractivity (Wildman–Crippen MR) is 76.9 cm³/mol. The van der Waals surface area contributed by atoms with Crippen LogP contribution in [0.5, 0.6) is 0 Å². The monoisotopic (exact) mass is 288 g/mol. The highest BCUT2D eigenvalue weighted by molar-refractivity contribution is 5.99. The Hall–Kier alpha value is -2.56. The van der Waals surface area contributed by atoms with Gasteiger partial charge in [0.05, 0.1) is 12.1 Å². The average Bonchev–Trinajstić information content (AvgIpc) is 2.48. The fourth-order valence-corrected chi connectivity index (χ4v) is 1.73. The van der Waals surface area contributed by atoms with Crippen LogP contribution in [0.15, 0.2) is 53.6 Å². The summed E-state index contributed by atoms with van der Waals surface area (Å²) in [6, 6.07) is 11.5. The first-order valence-electron chi connectivity index (χ1n) is 6.38. The average molecular weight is 288 g/mol. The van der Waals surface area contributed by atoms with E-state index in [1.807, 2.05) is 0 Å². The summed E-state index contributed by atoms with van der Waals surface area (Å²) in [4.78, 5) is 11.7. The normalized spacial score (nSPS) is 11.3. The van der Waals surface area contributed by atoms with Crippen LogP contribution in [-0.4, -0.2) is 11.6 Å². The van der Waals surface area contributed by atoms with Crippen molar-refractivity contribution in [3.63, 3.8) is 0 Å². The number of hydrogen-bond acceptors (Lipinski definition) is 2. The molecule has 0 spiro atoms. The number of hydrazone groups is 1. The van der Waals surface area contributed by atoms with Gasteiger partial charge >= 0.3 is 0 Å². The van der Waals surface area contributed by atoms with Gasteiger partial charge in [-0.15, -0.1) is 0 Å². The molecule has 1 N–H and O–H groups in total. The number of benzene rings is 2. The molecule has 108 valence electrons. The molecule has 0 fully saturated rings. The van der Waals surface area contributed by atoms with Crippen molar-refractivity contribution in [2.24, 2.45) is 5.10 Å². The molecule has 0 unspecified atom stereocenters. The smallest absolute Gasteiger partial charge is 0.244 e. The predicted octanol–water partition coefficient (Wildman–Crippen LogP) is 3.05. The van der Waals surface area contributed by atoms with E-state index in [1.165, 1.54) is 24.3 Å². The number of hydrogen-bond donors (Lipinski definition) is 1. The number of carbonyl (C=O) groups excluding carboxylic acids is 1. The van der Waals surface area contributed by atoms with Crippen LogP contribution in [0.1, 0.15) is 18.1 Å². The molecule has 0 aromatic heterocycles. The minimum atomic E-state index is -0.343. The summed E-state index contributed by atoms with van der Waals surface area (Å²) < 4.78 is 25.5. The molecular formula is C16H14F2N2O. The largest absolute Gasteiger partial charge is 0.273 e. The first kappa shape index (κ1) is 14.8. The topological polar surface area (TPSA) is 41.5 Å². The molecule has 0 heterocycles. The Labute approximate surface area is 121 Å². The van der Waals surface area contributed by atoms with Crippen LogP contribution < -0.4 is 5.43 Å². The summed E-state index contributed by atoms with van der Waals surface area (Å²) >= 11 is 0. The Morgan fingerprint density at radius 3 is 2.10 bits per heavy atom. The zero-order valence-electron chi connectivity index (χ0n) is 11.4. The number of nitrogens with zero attached hydrogens (tertiary/aromatic N) is 1. The number of nitrogens with one attached hydrogen (secondary N) is 1. The Morgan fingerprint density at radius 2 is 1.52 bits per heavy atom.